The zero-order valence-corrected chi connectivity index (χ0v) is 10.2. The standard InChI is InChI=1S/C12H22N2O2/c1-14(6-8(13)7-16-2)12(15)11-9-4-3-5-10(9)11/h8-11H,3-7,13H2,1-2H3. The number of amides is 1. The predicted molar refractivity (Wildman–Crippen MR) is 61.8 cm³/mol. The van der Waals surface area contributed by atoms with E-state index in [0.29, 0.717) is 36.8 Å². The van der Waals surface area contributed by atoms with Crippen LogP contribution in [0.5, 0.6) is 0 Å². The molecule has 0 aromatic heterocycles. The maximum atomic E-state index is 12.1. The van der Waals surface area contributed by atoms with Crippen LogP contribution in [0.15, 0.2) is 0 Å². The Kier molecular flexibility index (Phi) is 3.50. The van der Waals surface area contributed by atoms with Crippen molar-refractivity contribution in [3.8, 4) is 0 Å². The van der Waals surface area contributed by atoms with Crippen LogP contribution in [-0.2, 0) is 9.53 Å². The molecule has 2 aliphatic carbocycles. The molecule has 4 heteroatoms. The number of nitrogens with zero attached hydrogens (tertiary/aromatic N) is 1. The monoisotopic (exact) mass is 226 g/mol. The molecule has 2 saturated carbocycles. The Hall–Kier alpha value is -0.610. The van der Waals surface area contributed by atoms with Crippen molar-refractivity contribution in [1.29, 1.82) is 0 Å². The van der Waals surface area contributed by atoms with Gasteiger partial charge in [0.2, 0.25) is 5.91 Å². The summed E-state index contributed by atoms with van der Waals surface area (Å²) in [6, 6.07) is -0.0717. The van der Waals surface area contributed by atoms with Gasteiger partial charge in [-0.25, -0.2) is 0 Å². The fourth-order valence-electron chi connectivity index (χ4n) is 3.15. The second-order valence-corrected chi connectivity index (χ2v) is 5.22. The number of carbonyl (C=O) groups excluding carboxylic acids is 1. The van der Waals surface area contributed by atoms with Crippen LogP contribution in [0.25, 0.3) is 0 Å². The molecule has 0 aromatic carbocycles. The van der Waals surface area contributed by atoms with Gasteiger partial charge >= 0.3 is 0 Å². The first-order valence-electron chi connectivity index (χ1n) is 6.14. The number of likely N-dealkylation sites (N-methyl/N-ethyl adjacent to an activating group) is 1. The van der Waals surface area contributed by atoms with E-state index in [1.165, 1.54) is 19.3 Å². The van der Waals surface area contributed by atoms with Crippen molar-refractivity contribution in [3.63, 3.8) is 0 Å². The Morgan fingerprint density at radius 3 is 2.69 bits per heavy atom. The van der Waals surface area contributed by atoms with Gasteiger partial charge in [0.25, 0.3) is 0 Å². The van der Waals surface area contributed by atoms with Gasteiger partial charge in [0.05, 0.1) is 6.61 Å². The van der Waals surface area contributed by atoms with E-state index in [1.807, 2.05) is 7.05 Å². The highest BCUT2D eigenvalue weighted by molar-refractivity contribution is 5.82. The van der Waals surface area contributed by atoms with E-state index in [0.717, 1.165) is 0 Å². The summed E-state index contributed by atoms with van der Waals surface area (Å²) in [6.07, 6.45) is 3.81. The molecule has 2 N–H and O–H groups in total. The molecule has 0 aliphatic heterocycles. The van der Waals surface area contributed by atoms with Crippen molar-refractivity contribution < 1.29 is 9.53 Å². The number of fused-ring (bicyclic) bond motifs is 1. The first-order chi connectivity index (χ1) is 7.65. The second kappa shape index (κ2) is 4.72. The van der Waals surface area contributed by atoms with Gasteiger partial charge in [-0.15, -0.1) is 0 Å². The van der Waals surface area contributed by atoms with Gasteiger partial charge in [0, 0.05) is 32.7 Å². The summed E-state index contributed by atoms with van der Waals surface area (Å²) in [5.41, 5.74) is 5.84. The summed E-state index contributed by atoms with van der Waals surface area (Å²) < 4.78 is 4.97. The Bertz CT molecular complexity index is 260. The Labute approximate surface area is 97.1 Å². The molecule has 92 valence electrons. The molecule has 2 aliphatic rings. The average molecular weight is 226 g/mol. The fraction of sp³-hybridized carbons (Fsp3) is 0.917. The number of hydrogen-bond donors (Lipinski definition) is 1. The van der Waals surface area contributed by atoms with Crippen LogP contribution < -0.4 is 5.73 Å². The van der Waals surface area contributed by atoms with E-state index in [4.69, 9.17) is 10.5 Å². The second-order valence-electron chi connectivity index (χ2n) is 5.22. The SMILES string of the molecule is COCC(N)CN(C)C(=O)C1C2CCCC21. The molecule has 4 nitrogen and oxygen atoms in total. The lowest BCUT2D eigenvalue weighted by atomic mass is 10.1. The Morgan fingerprint density at radius 1 is 1.50 bits per heavy atom. The van der Waals surface area contributed by atoms with E-state index in [1.54, 1.807) is 12.0 Å². The number of nitrogens with two attached hydrogens (primary N) is 1. The smallest absolute Gasteiger partial charge is 0.226 e. The lowest BCUT2D eigenvalue weighted by molar-refractivity contribution is -0.132. The maximum absolute atomic E-state index is 12.1. The molecule has 2 rings (SSSR count). The minimum Gasteiger partial charge on any atom is -0.383 e. The first-order valence-corrected chi connectivity index (χ1v) is 6.14. The molecule has 1 amide bonds. The van der Waals surface area contributed by atoms with Crippen molar-refractivity contribution in [2.75, 3.05) is 27.3 Å². The highest BCUT2D eigenvalue weighted by Gasteiger charge is 2.57. The van der Waals surface area contributed by atoms with Crippen LogP contribution in [0.2, 0.25) is 0 Å². The van der Waals surface area contributed by atoms with Gasteiger partial charge in [-0.3, -0.25) is 4.79 Å². The van der Waals surface area contributed by atoms with Crippen molar-refractivity contribution in [1.82, 2.24) is 4.90 Å². The van der Waals surface area contributed by atoms with Crippen molar-refractivity contribution in [2.45, 2.75) is 25.3 Å². The number of carbonyl (C=O) groups is 1. The van der Waals surface area contributed by atoms with E-state index < -0.39 is 0 Å². The van der Waals surface area contributed by atoms with Crippen LogP contribution >= 0.6 is 0 Å². The van der Waals surface area contributed by atoms with Gasteiger partial charge in [-0.05, 0) is 24.7 Å². The zero-order valence-electron chi connectivity index (χ0n) is 10.2. The quantitative estimate of drug-likeness (QED) is 0.741. The highest BCUT2D eigenvalue weighted by atomic mass is 16.5. The average Bonchev–Trinajstić information content (AvgIpc) is 2.70. The molecular weight excluding hydrogens is 204 g/mol. The van der Waals surface area contributed by atoms with Crippen molar-refractivity contribution in [3.05, 3.63) is 0 Å². The van der Waals surface area contributed by atoms with Crippen molar-refractivity contribution >= 4 is 5.91 Å². The number of methoxy groups -OCH3 is 1. The molecule has 3 atom stereocenters. The molecule has 0 saturated heterocycles. The summed E-state index contributed by atoms with van der Waals surface area (Å²) in [4.78, 5) is 13.9. The summed E-state index contributed by atoms with van der Waals surface area (Å²) >= 11 is 0. The van der Waals surface area contributed by atoms with E-state index in [9.17, 15) is 4.79 Å². The lowest BCUT2D eigenvalue weighted by Crippen LogP contribution is -2.42. The van der Waals surface area contributed by atoms with Crippen LogP contribution in [-0.4, -0.2) is 44.2 Å². The van der Waals surface area contributed by atoms with Crippen LogP contribution in [0.3, 0.4) is 0 Å². The third-order valence-electron chi connectivity index (χ3n) is 3.96. The topological polar surface area (TPSA) is 55.6 Å². The van der Waals surface area contributed by atoms with E-state index >= 15 is 0 Å². The van der Waals surface area contributed by atoms with Gasteiger partial charge in [0.1, 0.15) is 0 Å². The maximum Gasteiger partial charge on any atom is 0.226 e. The summed E-state index contributed by atoms with van der Waals surface area (Å²) in [7, 11) is 3.48. The Morgan fingerprint density at radius 2 is 2.12 bits per heavy atom. The summed E-state index contributed by atoms with van der Waals surface area (Å²) in [5, 5.41) is 0. The van der Waals surface area contributed by atoms with Crippen LogP contribution in [0.4, 0.5) is 0 Å². The minimum atomic E-state index is -0.0717. The van der Waals surface area contributed by atoms with Crippen molar-refractivity contribution in [2.24, 2.45) is 23.5 Å². The minimum absolute atomic E-state index is 0.0717. The highest BCUT2D eigenvalue weighted by Crippen LogP contribution is 2.57. The van der Waals surface area contributed by atoms with Gasteiger partial charge < -0.3 is 15.4 Å². The number of rotatable bonds is 5. The third kappa shape index (κ3) is 2.23. The molecule has 16 heavy (non-hydrogen) atoms. The van der Waals surface area contributed by atoms with E-state index in [2.05, 4.69) is 0 Å². The molecule has 0 aromatic rings. The summed E-state index contributed by atoms with van der Waals surface area (Å²) in [5.74, 6) is 1.98. The fourth-order valence-corrected chi connectivity index (χ4v) is 3.15. The van der Waals surface area contributed by atoms with Gasteiger partial charge in [0.15, 0.2) is 0 Å². The predicted octanol–water partition coefficient (Wildman–Crippen LogP) is 0.465. The molecule has 0 spiro atoms. The molecule has 0 radical (unpaired) electrons. The van der Waals surface area contributed by atoms with Crippen LogP contribution in [0, 0.1) is 17.8 Å². The molecular formula is C12H22N2O2. The number of hydrogen-bond acceptors (Lipinski definition) is 3. The first kappa shape index (κ1) is 11.9. The largest absolute Gasteiger partial charge is 0.383 e. The van der Waals surface area contributed by atoms with E-state index in [-0.39, 0.29) is 6.04 Å². The lowest BCUT2D eigenvalue weighted by Gasteiger charge is -2.21. The molecule has 2 fully saturated rings. The molecule has 3 unspecified atom stereocenters. The third-order valence-corrected chi connectivity index (χ3v) is 3.96. The molecule has 0 bridgehead atoms. The van der Waals surface area contributed by atoms with Gasteiger partial charge in [-0.2, -0.15) is 0 Å². The van der Waals surface area contributed by atoms with Gasteiger partial charge in [-0.1, -0.05) is 6.42 Å². The van der Waals surface area contributed by atoms with Crippen LogP contribution in [0.1, 0.15) is 19.3 Å². The summed E-state index contributed by atoms with van der Waals surface area (Å²) in [6.45, 7) is 1.11. The molecule has 0 heterocycles. The Balaban J connectivity index is 1.77. The normalized spacial score (nSPS) is 33.3. The zero-order chi connectivity index (χ0) is 11.7. The number of ether oxygens (including phenoxy) is 1.